The van der Waals surface area contributed by atoms with E-state index in [2.05, 4.69) is 10.6 Å². The number of hydrogen-bond acceptors (Lipinski definition) is 4. The average Bonchev–Trinajstić information content (AvgIpc) is 3.02. The third-order valence-corrected chi connectivity index (χ3v) is 2.99. The van der Waals surface area contributed by atoms with E-state index in [4.69, 9.17) is 9.15 Å². The van der Waals surface area contributed by atoms with Crippen LogP contribution in [0.5, 0.6) is 5.75 Å². The van der Waals surface area contributed by atoms with Crippen LogP contribution in [0.1, 0.15) is 18.1 Å². The van der Waals surface area contributed by atoms with Crippen molar-refractivity contribution < 1.29 is 19.1 Å². The van der Waals surface area contributed by atoms with Gasteiger partial charge in [-0.1, -0.05) is 12.1 Å². The zero-order valence-electron chi connectivity index (χ0n) is 11.7. The number of aliphatic hydroxyl groups excluding tert-OH is 1. The van der Waals surface area contributed by atoms with Gasteiger partial charge in [-0.25, -0.2) is 4.79 Å². The summed E-state index contributed by atoms with van der Waals surface area (Å²) >= 11 is 0. The van der Waals surface area contributed by atoms with Gasteiger partial charge in [-0.15, -0.1) is 0 Å². The van der Waals surface area contributed by atoms with Gasteiger partial charge >= 0.3 is 6.03 Å². The quantitative estimate of drug-likeness (QED) is 0.763. The van der Waals surface area contributed by atoms with E-state index in [9.17, 15) is 9.90 Å². The van der Waals surface area contributed by atoms with Gasteiger partial charge in [-0.05, 0) is 24.6 Å². The minimum absolute atomic E-state index is 0.341. The molecule has 0 aliphatic heterocycles. The molecule has 2 rings (SSSR count). The lowest BCUT2D eigenvalue weighted by Gasteiger charge is -2.12. The predicted molar refractivity (Wildman–Crippen MR) is 78.3 cm³/mol. The standard InChI is InChI=1S/C15H18N2O4/c1-20-14-5-3-2-4-12(14)17-15(19)16-8-6-13(18)11-7-9-21-10-11/h2-5,7,9-10,13,18H,6,8H2,1H3,(H2,16,17,19)/t13-/m0/s1. The van der Waals surface area contributed by atoms with E-state index in [1.165, 1.54) is 12.5 Å². The van der Waals surface area contributed by atoms with Gasteiger partial charge in [0.2, 0.25) is 0 Å². The number of rotatable bonds is 6. The number of urea groups is 1. The normalized spacial score (nSPS) is 11.7. The Labute approximate surface area is 122 Å². The van der Waals surface area contributed by atoms with Gasteiger partial charge in [0.05, 0.1) is 31.4 Å². The summed E-state index contributed by atoms with van der Waals surface area (Å²) in [6.07, 6.45) is 2.73. The van der Waals surface area contributed by atoms with Crippen LogP contribution in [0, 0.1) is 0 Å². The highest BCUT2D eigenvalue weighted by atomic mass is 16.5. The zero-order chi connectivity index (χ0) is 15.1. The molecule has 0 radical (unpaired) electrons. The molecule has 3 N–H and O–H groups in total. The maximum atomic E-state index is 11.8. The number of ether oxygens (including phenoxy) is 1. The molecule has 1 atom stereocenters. The van der Waals surface area contributed by atoms with Crippen LogP contribution in [0.2, 0.25) is 0 Å². The lowest BCUT2D eigenvalue weighted by atomic mass is 10.1. The van der Waals surface area contributed by atoms with Crippen molar-refractivity contribution in [1.29, 1.82) is 0 Å². The monoisotopic (exact) mass is 290 g/mol. The smallest absolute Gasteiger partial charge is 0.319 e. The Morgan fingerprint density at radius 1 is 1.38 bits per heavy atom. The third-order valence-electron chi connectivity index (χ3n) is 2.99. The van der Waals surface area contributed by atoms with Crippen LogP contribution in [0.3, 0.4) is 0 Å². The molecule has 0 saturated heterocycles. The Hall–Kier alpha value is -2.47. The molecule has 2 aromatic rings. The minimum Gasteiger partial charge on any atom is -0.495 e. The Balaban J connectivity index is 1.77. The Morgan fingerprint density at radius 2 is 2.19 bits per heavy atom. The first-order valence-corrected chi connectivity index (χ1v) is 6.58. The average molecular weight is 290 g/mol. The highest BCUT2D eigenvalue weighted by Crippen LogP contribution is 2.22. The van der Waals surface area contributed by atoms with Gasteiger partial charge in [0.1, 0.15) is 5.75 Å². The first kappa shape index (κ1) is 14.9. The van der Waals surface area contributed by atoms with Gasteiger partial charge < -0.3 is 24.9 Å². The summed E-state index contributed by atoms with van der Waals surface area (Å²) in [6, 6.07) is 8.49. The van der Waals surface area contributed by atoms with Crippen LogP contribution < -0.4 is 15.4 Å². The molecule has 0 saturated carbocycles. The van der Waals surface area contributed by atoms with Crippen molar-refractivity contribution in [3.8, 4) is 5.75 Å². The van der Waals surface area contributed by atoms with E-state index in [0.29, 0.717) is 30.0 Å². The molecule has 0 fully saturated rings. The van der Waals surface area contributed by atoms with Gasteiger partial charge in [0, 0.05) is 12.1 Å². The van der Waals surface area contributed by atoms with E-state index in [0.717, 1.165) is 0 Å². The second-order valence-corrected chi connectivity index (χ2v) is 4.44. The Kier molecular flexibility index (Phi) is 5.22. The maximum absolute atomic E-state index is 11.8. The van der Waals surface area contributed by atoms with Crippen LogP contribution in [0.25, 0.3) is 0 Å². The topological polar surface area (TPSA) is 83.7 Å². The summed E-state index contributed by atoms with van der Waals surface area (Å²) in [5.74, 6) is 0.589. The van der Waals surface area contributed by atoms with E-state index < -0.39 is 6.10 Å². The summed E-state index contributed by atoms with van der Waals surface area (Å²) in [5.41, 5.74) is 1.29. The zero-order valence-corrected chi connectivity index (χ0v) is 11.7. The predicted octanol–water partition coefficient (Wildman–Crippen LogP) is 2.53. The van der Waals surface area contributed by atoms with Gasteiger partial charge in [0.25, 0.3) is 0 Å². The molecule has 0 unspecified atom stereocenters. The van der Waals surface area contributed by atoms with Crippen molar-refractivity contribution in [2.75, 3.05) is 19.0 Å². The van der Waals surface area contributed by atoms with E-state index in [-0.39, 0.29) is 6.03 Å². The molecule has 2 amide bonds. The van der Waals surface area contributed by atoms with Gasteiger partial charge in [-0.3, -0.25) is 0 Å². The van der Waals surface area contributed by atoms with Crippen LogP contribution in [0.4, 0.5) is 10.5 Å². The number of amides is 2. The van der Waals surface area contributed by atoms with Crippen LogP contribution in [-0.2, 0) is 0 Å². The summed E-state index contributed by atoms with van der Waals surface area (Å²) < 4.78 is 10.0. The summed E-state index contributed by atoms with van der Waals surface area (Å²) in [7, 11) is 1.54. The second kappa shape index (κ2) is 7.35. The number of carbonyl (C=O) groups excluding carboxylic acids is 1. The van der Waals surface area contributed by atoms with Gasteiger partial charge in [0.15, 0.2) is 0 Å². The fourth-order valence-corrected chi connectivity index (χ4v) is 1.87. The molecule has 21 heavy (non-hydrogen) atoms. The van der Waals surface area contributed by atoms with Crippen molar-refractivity contribution in [2.24, 2.45) is 0 Å². The first-order valence-electron chi connectivity index (χ1n) is 6.58. The number of benzene rings is 1. The molecular formula is C15H18N2O4. The fraction of sp³-hybridized carbons (Fsp3) is 0.267. The molecule has 1 aromatic heterocycles. The highest BCUT2D eigenvalue weighted by Gasteiger charge is 2.10. The molecule has 6 heteroatoms. The third kappa shape index (κ3) is 4.25. The molecule has 112 valence electrons. The minimum atomic E-state index is -0.657. The van der Waals surface area contributed by atoms with Crippen molar-refractivity contribution in [3.05, 3.63) is 48.4 Å². The Morgan fingerprint density at radius 3 is 2.90 bits per heavy atom. The van der Waals surface area contributed by atoms with E-state index in [1.54, 1.807) is 31.4 Å². The van der Waals surface area contributed by atoms with Crippen LogP contribution >= 0.6 is 0 Å². The highest BCUT2D eigenvalue weighted by molar-refractivity contribution is 5.90. The van der Waals surface area contributed by atoms with E-state index >= 15 is 0 Å². The molecule has 1 heterocycles. The molecule has 0 aliphatic carbocycles. The number of anilines is 1. The second-order valence-electron chi connectivity index (χ2n) is 4.44. The molecule has 0 aliphatic rings. The maximum Gasteiger partial charge on any atom is 0.319 e. The van der Waals surface area contributed by atoms with Crippen molar-refractivity contribution in [2.45, 2.75) is 12.5 Å². The molecule has 1 aromatic carbocycles. The van der Waals surface area contributed by atoms with Gasteiger partial charge in [-0.2, -0.15) is 0 Å². The first-order chi connectivity index (χ1) is 10.2. The SMILES string of the molecule is COc1ccccc1NC(=O)NCC[C@H](O)c1ccoc1. The molecule has 0 spiro atoms. The number of methoxy groups -OCH3 is 1. The van der Waals surface area contributed by atoms with Crippen molar-refractivity contribution in [1.82, 2.24) is 5.32 Å². The van der Waals surface area contributed by atoms with E-state index in [1.807, 2.05) is 6.07 Å². The van der Waals surface area contributed by atoms with Crippen molar-refractivity contribution >= 4 is 11.7 Å². The molecular weight excluding hydrogens is 272 g/mol. The molecule has 0 bridgehead atoms. The van der Waals surface area contributed by atoms with Crippen molar-refractivity contribution in [3.63, 3.8) is 0 Å². The number of hydrogen-bond donors (Lipinski definition) is 3. The summed E-state index contributed by atoms with van der Waals surface area (Å²) in [6.45, 7) is 0.341. The number of nitrogens with one attached hydrogen (secondary N) is 2. The lowest BCUT2D eigenvalue weighted by Crippen LogP contribution is -2.30. The lowest BCUT2D eigenvalue weighted by molar-refractivity contribution is 0.166. The number of para-hydroxylation sites is 2. The number of furan rings is 1. The summed E-state index contributed by atoms with van der Waals surface area (Å²) in [5, 5.41) is 15.2. The summed E-state index contributed by atoms with van der Waals surface area (Å²) in [4.78, 5) is 11.8. The fourth-order valence-electron chi connectivity index (χ4n) is 1.87. The Bertz CT molecular complexity index is 569. The number of aliphatic hydroxyl groups is 1. The van der Waals surface area contributed by atoms with Crippen LogP contribution in [0.15, 0.2) is 47.3 Å². The number of carbonyl (C=O) groups is 1. The molecule has 6 nitrogen and oxygen atoms in total. The van der Waals surface area contributed by atoms with Crippen LogP contribution in [-0.4, -0.2) is 24.8 Å². The largest absolute Gasteiger partial charge is 0.495 e.